The maximum atomic E-state index is 13.7. The topological polar surface area (TPSA) is 56.2 Å². The summed E-state index contributed by atoms with van der Waals surface area (Å²) in [5, 5.41) is 2.57. The van der Waals surface area contributed by atoms with Crippen molar-refractivity contribution in [2.45, 2.75) is 18.8 Å². The maximum absolute atomic E-state index is 13.7. The highest BCUT2D eigenvalue weighted by Gasteiger charge is 2.21. The van der Waals surface area contributed by atoms with E-state index in [1.165, 1.54) is 19.2 Å². The fourth-order valence-electron chi connectivity index (χ4n) is 2.16. The van der Waals surface area contributed by atoms with Crippen LogP contribution in [0.1, 0.15) is 18.8 Å². The zero-order valence-electron chi connectivity index (χ0n) is 11.4. The molecule has 0 radical (unpaired) electrons. The SMILES string of the molecule is CNC(=O)C(C)n1c(CCl)nc2cc(F)c(OC)cc21. The number of imidazole rings is 1. The Morgan fingerprint density at radius 3 is 2.85 bits per heavy atom. The molecule has 1 aromatic heterocycles. The van der Waals surface area contributed by atoms with Gasteiger partial charge in [0.2, 0.25) is 5.91 Å². The fourth-order valence-corrected chi connectivity index (χ4v) is 2.34. The van der Waals surface area contributed by atoms with Crippen LogP contribution < -0.4 is 10.1 Å². The molecule has 2 aromatic rings. The quantitative estimate of drug-likeness (QED) is 0.881. The molecule has 2 rings (SSSR count). The molecular weight excluding hydrogens is 285 g/mol. The molecular formula is C13H15ClFN3O2. The number of alkyl halides is 1. The van der Waals surface area contributed by atoms with Gasteiger partial charge in [0.05, 0.1) is 24.0 Å². The van der Waals surface area contributed by atoms with Crippen molar-refractivity contribution < 1.29 is 13.9 Å². The van der Waals surface area contributed by atoms with Gasteiger partial charge in [0.25, 0.3) is 0 Å². The summed E-state index contributed by atoms with van der Waals surface area (Å²) in [4.78, 5) is 16.1. The highest BCUT2D eigenvalue weighted by molar-refractivity contribution is 6.17. The second kappa shape index (κ2) is 5.66. The summed E-state index contributed by atoms with van der Waals surface area (Å²) in [6.07, 6.45) is 0. The molecule has 0 saturated carbocycles. The van der Waals surface area contributed by atoms with Crippen molar-refractivity contribution in [1.82, 2.24) is 14.9 Å². The van der Waals surface area contributed by atoms with Crippen LogP contribution in [0.4, 0.5) is 4.39 Å². The Labute approximate surface area is 120 Å². The minimum Gasteiger partial charge on any atom is -0.494 e. The van der Waals surface area contributed by atoms with Gasteiger partial charge >= 0.3 is 0 Å². The van der Waals surface area contributed by atoms with E-state index in [1.807, 2.05) is 0 Å². The second-order valence-corrected chi connectivity index (χ2v) is 4.56. The molecule has 7 heteroatoms. The van der Waals surface area contributed by atoms with Crippen LogP contribution in [0, 0.1) is 5.82 Å². The average Bonchev–Trinajstić information content (AvgIpc) is 2.81. The number of hydrogen-bond donors (Lipinski definition) is 1. The number of fused-ring (bicyclic) bond motifs is 1. The number of nitrogens with one attached hydrogen (secondary N) is 1. The van der Waals surface area contributed by atoms with Gasteiger partial charge in [-0.2, -0.15) is 0 Å². The first-order valence-corrected chi connectivity index (χ1v) is 6.58. The molecule has 0 bridgehead atoms. The minimum absolute atomic E-state index is 0.101. The standard InChI is InChI=1S/C13H15ClFN3O2/c1-7(13(19)16-2)18-10-5-11(20-3)8(15)4-9(10)17-12(18)6-14/h4-5,7H,6H2,1-3H3,(H,16,19). The van der Waals surface area contributed by atoms with Gasteiger partial charge in [0, 0.05) is 19.2 Å². The molecule has 0 aliphatic heterocycles. The Balaban J connectivity index is 2.70. The van der Waals surface area contributed by atoms with Crippen molar-refractivity contribution in [3.63, 3.8) is 0 Å². The van der Waals surface area contributed by atoms with Crippen molar-refractivity contribution >= 4 is 28.5 Å². The summed E-state index contributed by atoms with van der Waals surface area (Å²) < 4.78 is 20.4. The Kier molecular flexibility index (Phi) is 4.13. The zero-order valence-corrected chi connectivity index (χ0v) is 12.2. The number of rotatable bonds is 4. The molecule has 1 atom stereocenters. The minimum atomic E-state index is -0.506. The van der Waals surface area contributed by atoms with Crippen molar-refractivity contribution in [3.05, 3.63) is 23.8 Å². The van der Waals surface area contributed by atoms with Crippen LogP contribution in [0.25, 0.3) is 11.0 Å². The zero-order chi connectivity index (χ0) is 14.9. The number of likely N-dealkylation sites (N-methyl/N-ethyl adjacent to an activating group) is 1. The molecule has 108 valence electrons. The number of benzene rings is 1. The monoisotopic (exact) mass is 299 g/mol. The highest BCUT2D eigenvalue weighted by Crippen LogP contribution is 2.28. The molecule has 0 fully saturated rings. The van der Waals surface area contributed by atoms with Crippen LogP contribution in [-0.4, -0.2) is 29.6 Å². The van der Waals surface area contributed by atoms with Crippen LogP contribution >= 0.6 is 11.6 Å². The van der Waals surface area contributed by atoms with E-state index in [-0.39, 0.29) is 17.5 Å². The first-order valence-electron chi connectivity index (χ1n) is 6.05. The van der Waals surface area contributed by atoms with Crippen LogP contribution in [0.3, 0.4) is 0 Å². The number of aromatic nitrogens is 2. The van der Waals surface area contributed by atoms with E-state index >= 15 is 0 Å². The van der Waals surface area contributed by atoms with Crippen molar-refractivity contribution in [3.8, 4) is 5.75 Å². The van der Waals surface area contributed by atoms with Crippen molar-refractivity contribution in [2.24, 2.45) is 0 Å². The number of carbonyl (C=O) groups is 1. The van der Waals surface area contributed by atoms with E-state index in [2.05, 4.69) is 10.3 Å². The molecule has 1 aromatic carbocycles. The molecule has 5 nitrogen and oxygen atoms in total. The van der Waals surface area contributed by atoms with E-state index in [9.17, 15) is 9.18 Å². The predicted molar refractivity (Wildman–Crippen MR) is 74.6 cm³/mol. The van der Waals surface area contributed by atoms with Crippen LogP contribution in [0.5, 0.6) is 5.75 Å². The third kappa shape index (κ3) is 2.31. The molecule has 20 heavy (non-hydrogen) atoms. The average molecular weight is 300 g/mol. The summed E-state index contributed by atoms with van der Waals surface area (Å²) >= 11 is 5.87. The summed E-state index contributed by atoms with van der Waals surface area (Å²) in [7, 11) is 2.94. The van der Waals surface area contributed by atoms with Gasteiger partial charge in [0.1, 0.15) is 11.9 Å². The number of nitrogens with zero attached hydrogens (tertiary/aromatic N) is 2. The van der Waals surface area contributed by atoms with Crippen molar-refractivity contribution in [1.29, 1.82) is 0 Å². The lowest BCUT2D eigenvalue weighted by molar-refractivity contribution is -0.123. The Morgan fingerprint density at radius 1 is 1.60 bits per heavy atom. The number of ether oxygens (including phenoxy) is 1. The summed E-state index contributed by atoms with van der Waals surface area (Å²) in [5.74, 6) is 0.0478. The van der Waals surface area contributed by atoms with Gasteiger partial charge in [-0.05, 0) is 6.92 Å². The normalized spacial score (nSPS) is 12.4. The Morgan fingerprint density at radius 2 is 2.30 bits per heavy atom. The summed E-state index contributed by atoms with van der Waals surface area (Å²) in [6, 6.07) is 2.29. The first-order chi connectivity index (χ1) is 9.53. The second-order valence-electron chi connectivity index (χ2n) is 4.30. The third-order valence-electron chi connectivity index (χ3n) is 3.17. The van der Waals surface area contributed by atoms with E-state index in [4.69, 9.17) is 16.3 Å². The maximum Gasteiger partial charge on any atom is 0.242 e. The van der Waals surface area contributed by atoms with Crippen LogP contribution in [-0.2, 0) is 10.7 Å². The molecule has 0 aliphatic carbocycles. The number of methoxy groups -OCH3 is 1. The first kappa shape index (κ1) is 14.6. The molecule has 1 unspecified atom stereocenters. The van der Waals surface area contributed by atoms with E-state index in [0.717, 1.165) is 0 Å². The van der Waals surface area contributed by atoms with Gasteiger partial charge < -0.3 is 14.6 Å². The molecule has 1 N–H and O–H groups in total. The van der Waals surface area contributed by atoms with Gasteiger partial charge in [-0.3, -0.25) is 4.79 Å². The van der Waals surface area contributed by atoms with Gasteiger partial charge in [-0.1, -0.05) is 0 Å². The van der Waals surface area contributed by atoms with E-state index in [1.54, 1.807) is 18.5 Å². The number of hydrogen-bond acceptors (Lipinski definition) is 3. The highest BCUT2D eigenvalue weighted by atomic mass is 35.5. The van der Waals surface area contributed by atoms with Crippen molar-refractivity contribution in [2.75, 3.05) is 14.2 Å². The number of amides is 1. The lowest BCUT2D eigenvalue weighted by Crippen LogP contribution is -2.28. The van der Waals surface area contributed by atoms with Gasteiger partial charge in [0.15, 0.2) is 11.6 Å². The van der Waals surface area contributed by atoms with Gasteiger partial charge in [-0.15, -0.1) is 11.6 Å². The predicted octanol–water partition coefficient (Wildman–Crippen LogP) is 2.23. The smallest absolute Gasteiger partial charge is 0.242 e. The number of carbonyl (C=O) groups excluding carboxylic acids is 1. The molecule has 0 saturated heterocycles. The molecule has 1 heterocycles. The fraction of sp³-hybridized carbons (Fsp3) is 0.385. The molecule has 1 amide bonds. The molecule has 0 aliphatic rings. The Bertz CT molecular complexity index is 657. The number of halogens is 2. The van der Waals surface area contributed by atoms with Crippen LogP contribution in [0.15, 0.2) is 12.1 Å². The van der Waals surface area contributed by atoms with Gasteiger partial charge in [-0.25, -0.2) is 9.37 Å². The molecule has 0 spiro atoms. The van der Waals surface area contributed by atoms with Crippen LogP contribution in [0.2, 0.25) is 0 Å². The Hall–Kier alpha value is -1.82. The lowest BCUT2D eigenvalue weighted by atomic mass is 10.2. The summed E-state index contributed by atoms with van der Waals surface area (Å²) in [5.41, 5.74) is 1.05. The largest absolute Gasteiger partial charge is 0.494 e. The lowest BCUT2D eigenvalue weighted by Gasteiger charge is -2.15. The van der Waals surface area contributed by atoms with E-state index < -0.39 is 11.9 Å². The summed E-state index contributed by atoms with van der Waals surface area (Å²) in [6.45, 7) is 1.73. The van der Waals surface area contributed by atoms with E-state index in [0.29, 0.717) is 16.9 Å². The third-order valence-corrected chi connectivity index (χ3v) is 3.41.